The predicted molar refractivity (Wildman–Crippen MR) is 141 cm³/mol. The first kappa shape index (κ1) is 23.3. The van der Waals surface area contributed by atoms with Crippen LogP contribution in [0.2, 0.25) is 0 Å². The number of benzene rings is 2. The Bertz CT molecular complexity index is 1560. The van der Waals surface area contributed by atoms with Crippen LogP contribution in [-0.4, -0.2) is 67.8 Å². The van der Waals surface area contributed by atoms with Gasteiger partial charge < -0.3 is 25.3 Å². The van der Waals surface area contributed by atoms with E-state index in [0.717, 1.165) is 24.2 Å². The molecule has 2 aromatic carbocycles. The summed E-state index contributed by atoms with van der Waals surface area (Å²) in [6.07, 6.45) is 5.70. The number of likely N-dealkylation sites (tertiary alicyclic amines) is 1. The van der Waals surface area contributed by atoms with Gasteiger partial charge in [-0.3, -0.25) is 19.8 Å². The number of aliphatic hydroxyl groups is 1. The van der Waals surface area contributed by atoms with Gasteiger partial charge in [-0.2, -0.15) is 0 Å². The molecule has 3 heterocycles. The second kappa shape index (κ2) is 7.73. The molecule has 3 aromatic rings. The van der Waals surface area contributed by atoms with Crippen molar-refractivity contribution in [2.24, 2.45) is 5.92 Å². The van der Waals surface area contributed by atoms with Crippen LogP contribution >= 0.6 is 0 Å². The number of nitro groups is 1. The molecular weight excluding hydrogens is 500 g/mol. The van der Waals surface area contributed by atoms with Crippen molar-refractivity contribution in [3.8, 4) is 11.5 Å². The van der Waals surface area contributed by atoms with Gasteiger partial charge in [-0.15, -0.1) is 0 Å². The lowest BCUT2D eigenvalue weighted by atomic mass is 9.48. The highest BCUT2D eigenvalue weighted by atomic mass is 16.6. The van der Waals surface area contributed by atoms with E-state index in [0.29, 0.717) is 53.8 Å². The molecular formula is C29H30N4O6. The number of amides is 1. The number of piperidine rings is 1. The molecule has 1 aromatic heterocycles. The highest BCUT2D eigenvalue weighted by Crippen LogP contribution is 2.65. The van der Waals surface area contributed by atoms with E-state index in [4.69, 9.17) is 4.74 Å². The van der Waals surface area contributed by atoms with Crippen molar-refractivity contribution in [2.45, 2.75) is 67.7 Å². The molecule has 10 heteroatoms. The Morgan fingerprint density at radius 2 is 2.08 bits per heavy atom. The summed E-state index contributed by atoms with van der Waals surface area (Å²) < 4.78 is 6.54. The van der Waals surface area contributed by atoms with E-state index >= 15 is 0 Å². The topological polar surface area (TPSA) is 141 Å². The maximum atomic E-state index is 13.7. The largest absolute Gasteiger partial charge is 0.504 e. The molecule has 4 N–H and O–H groups in total. The highest BCUT2D eigenvalue weighted by molar-refractivity contribution is 6.08. The predicted octanol–water partition coefficient (Wildman–Crippen LogP) is 3.14. The SMILES string of the molecule is O=C(N[C@H]1CC[C@@]2(O)[C@H]3Cc4ccc(O)c5c4[C@@]2(CCN3CC2CC2)[C@H]1O5)c1cccc2c([N+](=O)[O-])c[nH]c12. The number of phenols is 1. The van der Waals surface area contributed by atoms with Gasteiger partial charge in [0.15, 0.2) is 11.5 Å². The van der Waals surface area contributed by atoms with Crippen LogP contribution in [0.5, 0.6) is 11.5 Å². The lowest BCUT2D eigenvalue weighted by Gasteiger charge is -2.64. The van der Waals surface area contributed by atoms with Gasteiger partial charge in [-0.1, -0.05) is 12.1 Å². The Morgan fingerprint density at radius 1 is 1.23 bits per heavy atom. The molecule has 3 fully saturated rings. The van der Waals surface area contributed by atoms with Gasteiger partial charge in [0, 0.05) is 18.2 Å². The molecule has 202 valence electrons. The van der Waals surface area contributed by atoms with Crippen LogP contribution < -0.4 is 10.1 Å². The van der Waals surface area contributed by atoms with Gasteiger partial charge in [0.05, 0.1) is 44.6 Å². The minimum Gasteiger partial charge on any atom is -0.504 e. The number of carbonyl (C=O) groups excluding carboxylic acids is 1. The summed E-state index contributed by atoms with van der Waals surface area (Å²) in [7, 11) is 0. The number of H-pyrrole nitrogens is 1. The first-order valence-electron chi connectivity index (χ1n) is 13.9. The number of fused-ring (bicyclic) bond motifs is 1. The molecule has 10 nitrogen and oxygen atoms in total. The molecule has 3 aliphatic carbocycles. The third-order valence-electron chi connectivity index (χ3n) is 10.2. The van der Waals surface area contributed by atoms with Crippen LogP contribution in [-0.2, 0) is 11.8 Å². The first-order chi connectivity index (χ1) is 18.8. The van der Waals surface area contributed by atoms with Crippen molar-refractivity contribution in [1.29, 1.82) is 0 Å². The minimum atomic E-state index is -1.03. The van der Waals surface area contributed by atoms with E-state index in [9.17, 15) is 25.1 Å². The summed E-state index contributed by atoms with van der Waals surface area (Å²) in [6, 6.07) is 8.12. The zero-order valence-corrected chi connectivity index (χ0v) is 21.4. The molecule has 1 saturated heterocycles. The van der Waals surface area contributed by atoms with Gasteiger partial charge >= 0.3 is 0 Å². The lowest BCUT2D eigenvalue weighted by Crippen LogP contribution is -2.78. The number of nitrogens with one attached hydrogen (secondary N) is 2. The molecule has 8 rings (SSSR count). The van der Waals surface area contributed by atoms with Gasteiger partial charge in [0.1, 0.15) is 6.10 Å². The molecule has 5 aliphatic rings. The van der Waals surface area contributed by atoms with Crippen molar-refractivity contribution in [3.63, 3.8) is 0 Å². The number of carbonyl (C=O) groups is 1. The van der Waals surface area contributed by atoms with E-state index < -0.39 is 28.1 Å². The van der Waals surface area contributed by atoms with Crippen molar-refractivity contribution >= 4 is 22.5 Å². The quantitative estimate of drug-likeness (QED) is 0.293. The highest BCUT2D eigenvalue weighted by Gasteiger charge is 2.73. The fourth-order valence-electron chi connectivity index (χ4n) is 8.36. The molecule has 0 radical (unpaired) electrons. The second-order valence-corrected chi connectivity index (χ2v) is 12.1. The number of phenolic OH excluding ortho intramolecular Hbond substituents is 1. The Kier molecular flexibility index (Phi) is 4.61. The zero-order chi connectivity index (χ0) is 26.7. The number of aromatic hydroxyl groups is 1. The number of aromatic nitrogens is 1. The van der Waals surface area contributed by atoms with Crippen LogP contribution in [0.1, 0.15) is 53.6 Å². The Labute approximate surface area is 224 Å². The van der Waals surface area contributed by atoms with E-state index in [-0.39, 0.29) is 23.4 Å². The smallest absolute Gasteiger partial charge is 0.294 e. The summed E-state index contributed by atoms with van der Waals surface area (Å²) in [6.45, 7) is 1.84. The third-order valence-corrected chi connectivity index (χ3v) is 10.2. The first-order valence-corrected chi connectivity index (χ1v) is 13.9. The maximum absolute atomic E-state index is 13.7. The molecule has 2 aliphatic heterocycles. The van der Waals surface area contributed by atoms with Crippen LogP contribution in [0.25, 0.3) is 10.9 Å². The fraction of sp³-hybridized carbons (Fsp3) is 0.483. The van der Waals surface area contributed by atoms with Crippen molar-refractivity contribution < 1.29 is 24.7 Å². The zero-order valence-electron chi connectivity index (χ0n) is 21.4. The Morgan fingerprint density at radius 3 is 2.87 bits per heavy atom. The molecule has 2 saturated carbocycles. The summed E-state index contributed by atoms with van der Waals surface area (Å²) >= 11 is 0. The van der Waals surface area contributed by atoms with Crippen LogP contribution in [0, 0.1) is 16.0 Å². The Hall–Kier alpha value is -3.63. The third kappa shape index (κ3) is 2.96. The Balaban J connectivity index is 1.18. The van der Waals surface area contributed by atoms with Crippen LogP contribution in [0.3, 0.4) is 0 Å². The molecule has 2 bridgehead atoms. The molecule has 0 unspecified atom stereocenters. The summed E-state index contributed by atoms with van der Waals surface area (Å²) in [5.41, 5.74) is 0.914. The minimum absolute atomic E-state index is 0.0363. The van der Waals surface area contributed by atoms with Gasteiger partial charge in [-0.25, -0.2) is 0 Å². The molecule has 1 amide bonds. The monoisotopic (exact) mass is 530 g/mol. The fourth-order valence-corrected chi connectivity index (χ4v) is 8.36. The lowest BCUT2D eigenvalue weighted by molar-refractivity contribution is -0.383. The molecule has 39 heavy (non-hydrogen) atoms. The number of aromatic amines is 1. The summed E-state index contributed by atoms with van der Waals surface area (Å²) in [4.78, 5) is 30.0. The van der Waals surface area contributed by atoms with Crippen molar-refractivity contribution in [1.82, 2.24) is 15.2 Å². The second-order valence-electron chi connectivity index (χ2n) is 12.1. The number of para-hydroxylation sites is 1. The summed E-state index contributed by atoms with van der Waals surface area (Å²) in [5.74, 6) is 0.851. The maximum Gasteiger partial charge on any atom is 0.294 e. The molecule has 5 atom stereocenters. The average molecular weight is 531 g/mol. The van der Waals surface area contributed by atoms with E-state index in [2.05, 4.69) is 15.2 Å². The van der Waals surface area contributed by atoms with Crippen LogP contribution in [0.15, 0.2) is 36.5 Å². The number of nitrogens with zero attached hydrogens (tertiary/aromatic N) is 2. The molecule has 1 spiro atoms. The number of rotatable bonds is 5. The number of hydrogen-bond acceptors (Lipinski definition) is 7. The van der Waals surface area contributed by atoms with Gasteiger partial charge in [0.2, 0.25) is 0 Å². The summed E-state index contributed by atoms with van der Waals surface area (Å²) in [5, 5.41) is 38.4. The van der Waals surface area contributed by atoms with Crippen molar-refractivity contribution in [3.05, 3.63) is 63.3 Å². The van der Waals surface area contributed by atoms with Crippen LogP contribution in [0.4, 0.5) is 5.69 Å². The normalized spacial score (nSPS) is 32.5. The van der Waals surface area contributed by atoms with E-state index in [1.54, 1.807) is 24.3 Å². The average Bonchev–Trinajstić information content (AvgIpc) is 3.49. The van der Waals surface area contributed by atoms with E-state index in [1.807, 2.05) is 6.07 Å². The van der Waals surface area contributed by atoms with Gasteiger partial charge in [0.25, 0.3) is 11.6 Å². The van der Waals surface area contributed by atoms with Gasteiger partial charge in [-0.05, 0) is 74.8 Å². The standard InChI is InChI=1S/C29H30N4O6/c34-21-7-6-16-12-22-29(36)9-8-19(31-27(35)18-3-1-2-17-20(33(37)38)13-30-24(17)18)26-28(29,23(16)25(21)39-26)10-11-32(22)14-15-4-5-15/h1-3,6-7,13,15,19,22,26,30,34,36H,4-5,8-12,14H2,(H,31,35)/t19-,22+,26-,28-,29+/m0/s1. The van der Waals surface area contributed by atoms with E-state index in [1.165, 1.54) is 19.0 Å². The number of hydrogen-bond donors (Lipinski definition) is 4. The van der Waals surface area contributed by atoms with Crippen molar-refractivity contribution in [2.75, 3.05) is 13.1 Å². The number of ether oxygens (including phenoxy) is 1.